The Kier molecular flexibility index (Phi) is 6.11. The molecule has 0 fully saturated rings. The van der Waals surface area contributed by atoms with Crippen molar-refractivity contribution < 1.29 is 14.7 Å². The standard InChI is InChI=1S/C13H17N3O3/c14-9-5-1-2-8-12(17)15-10-6-3-4-7-11(10)16-13(18)19/h1-4,6-7,16H,5,8-9,14H2,(H,15,17)(H,18,19). The monoisotopic (exact) mass is 263 g/mol. The highest BCUT2D eigenvalue weighted by molar-refractivity contribution is 5.97. The number of hydrogen-bond donors (Lipinski definition) is 4. The zero-order valence-electron chi connectivity index (χ0n) is 10.4. The molecule has 2 amide bonds. The minimum Gasteiger partial charge on any atom is -0.465 e. The molecule has 0 unspecified atom stereocenters. The molecule has 0 aliphatic carbocycles. The summed E-state index contributed by atoms with van der Waals surface area (Å²) in [4.78, 5) is 22.2. The van der Waals surface area contributed by atoms with E-state index in [9.17, 15) is 9.59 Å². The van der Waals surface area contributed by atoms with E-state index in [0.29, 0.717) is 17.9 Å². The average molecular weight is 263 g/mol. The third-order valence-corrected chi connectivity index (χ3v) is 2.25. The van der Waals surface area contributed by atoms with Gasteiger partial charge in [0, 0.05) is 6.42 Å². The molecule has 1 aromatic carbocycles. The molecule has 1 rings (SSSR count). The van der Waals surface area contributed by atoms with Crippen LogP contribution in [0.4, 0.5) is 16.2 Å². The molecule has 6 nitrogen and oxygen atoms in total. The van der Waals surface area contributed by atoms with Crippen molar-refractivity contribution in [3.05, 3.63) is 36.4 Å². The van der Waals surface area contributed by atoms with E-state index in [4.69, 9.17) is 10.8 Å². The molecule has 102 valence electrons. The van der Waals surface area contributed by atoms with Crippen molar-refractivity contribution in [3.8, 4) is 0 Å². The number of amides is 2. The van der Waals surface area contributed by atoms with Crippen LogP contribution in [0.5, 0.6) is 0 Å². The topological polar surface area (TPSA) is 104 Å². The van der Waals surface area contributed by atoms with Crippen LogP contribution in [0.1, 0.15) is 12.8 Å². The van der Waals surface area contributed by atoms with E-state index in [1.807, 2.05) is 6.08 Å². The molecule has 0 bridgehead atoms. The number of anilines is 2. The van der Waals surface area contributed by atoms with Gasteiger partial charge in [-0.25, -0.2) is 4.79 Å². The molecule has 0 heterocycles. The number of nitrogens with one attached hydrogen (secondary N) is 2. The molecule has 6 heteroatoms. The van der Waals surface area contributed by atoms with E-state index in [-0.39, 0.29) is 12.3 Å². The number of para-hydroxylation sites is 2. The molecule has 0 saturated carbocycles. The van der Waals surface area contributed by atoms with Crippen LogP contribution in [0, 0.1) is 0 Å². The smallest absolute Gasteiger partial charge is 0.409 e. The minimum absolute atomic E-state index is 0.215. The Balaban J connectivity index is 2.60. The summed E-state index contributed by atoms with van der Waals surface area (Å²) in [5.74, 6) is -0.215. The number of carbonyl (C=O) groups is 2. The third kappa shape index (κ3) is 5.69. The van der Waals surface area contributed by atoms with Gasteiger partial charge in [-0.05, 0) is 25.1 Å². The number of hydrogen-bond acceptors (Lipinski definition) is 3. The SMILES string of the molecule is NCCC=CCC(=O)Nc1ccccc1NC(=O)O. The lowest BCUT2D eigenvalue weighted by molar-refractivity contribution is -0.115. The van der Waals surface area contributed by atoms with Crippen LogP contribution < -0.4 is 16.4 Å². The van der Waals surface area contributed by atoms with Gasteiger partial charge < -0.3 is 16.2 Å². The Hall–Kier alpha value is -2.34. The van der Waals surface area contributed by atoms with E-state index in [1.165, 1.54) is 0 Å². The normalized spacial score (nSPS) is 10.4. The quantitative estimate of drug-likeness (QED) is 0.589. The van der Waals surface area contributed by atoms with Crippen molar-refractivity contribution in [1.82, 2.24) is 0 Å². The molecule has 1 aromatic rings. The highest BCUT2D eigenvalue weighted by Crippen LogP contribution is 2.20. The fourth-order valence-corrected chi connectivity index (χ4v) is 1.42. The molecular formula is C13H17N3O3. The fourth-order valence-electron chi connectivity index (χ4n) is 1.42. The summed E-state index contributed by atoms with van der Waals surface area (Å²) in [6, 6.07) is 6.61. The van der Waals surface area contributed by atoms with Gasteiger partial charge in [-0.2, -0.15) is 0 Å². The van der Waals surface area contributed by atoms with Crippen LogP contribution in [-0.2, 0) is 4.79 Å². The van der Waals surface area contributed by atoms with Gasteiger partial charge in [0.2, 0.25) is 5.91 Å². The predicted molar refractivity (Wildman–Crippen MR) is 74.1 cm³/mol. The lowest BCUT2D eigenvalue weighted by atomic mass is 10.2. The molecular weight excluding hydrogens is 246 g/mol. The first-order valence-electron chi connectivity index (χ1n) is 5.87. The van der Waals surface area contributed by atoms with Crippen LogP contribution in [-0.4, -0.2) is 23.7 Å². The zero-order chi connectivity index (χ0) is 14.1. The maximum absolute atomic E-state index is 11.6. The molecule has 0 aliphatic rings. The average Bonchev–Trinajstić information content (AvgIpc) is 2.36. The number of nitrogens with two attached hydrogens (primary N) is 1. The van der Waals surface area contributed by atoms with Gasteiger partial charge in [-0.3, -0.25) is 10.1 Å². The van der Waals surface area contributed by atoms with Gasteiger partial charge in [0.25, 0.3) is 0 Å². The van der Waals surface area contributed by atoms with Gasteiger partial charge in [-0.15, -0.1) is 0 Å². The molecule has 0 aromatic heterocycles. The minimum atomic E-state index is -1.18. The van der Waals surface area contributed by atoms with Crippen LogP contribution in [0.2, 0.25) is 0 Å². The van der Waals surface area contributed by atoms with Crippen LogP contribution in [0.3, 0.4) is 0 Å². The summed E-state index contributed by atoms with van der Waals surface area (Å²) in [7, 11) is 0. The Morgan fingerprint density at radius 2 is 1.79 bits per heavy atom. The van der Waals surface area contributed by atoms with Crippen molar-refractivity contribution >= 4 is 23.4 Å². The first kappa shape index (κ1) is 14.7. The maximum atomic E-state index is 11.6. The largest absolute Gasteiger partial charge is 0.465 e. The number of benzene rings is 1. The third-order valence-electron chi connectivity index (χ3n) is 2.25. The van der Waals surface area contributed by atoms with E-state index in [0.717, 1.165) is 6.42 Å². The van der Waals surface area contributed by atoms with Crippen molar-refractivity contribution in [2.45, 2.75) is 12.8 Å². The second kappa shape index (κ2) is 7.88. The summed E-state index contributed by atoms with van der Waals surface area (Å²) < 4.78 is 0. The highest BCUT2D eigenvalue weighted by atomic mass is 16.4. The molecule has 19 heavy (non-hydrogen) atoms. The Labute approximate surface area is 111 Å². The van der Waals surface area contributed by atoms with E-state index in [1.54, 1.807) is 30.3 Å². The van der Waals surface area contributed by atoms with Gasteiger partial charge in [-0.1, -0.05) is 24.3 Å². The van der Waals surface area contributed by atoms with Crippen LogP contribution in [0.25, 0.3) is 0 Å². The molecule has 0 aliphatic heterocycles. The van der Waals surface area contributed by atoms with Crippen LogP contribution >= 0.6 is 0 Å². The number of carboxylic acid groups (broad SMARTS) is 1. The van der Waals surface area contributed by atoms with E-state index < -0.39 is 6.09 Å². The van der Waals surface area contributed by atoms with E-state index >= 15 is 0 Å². The highest BCUT2D eigenvalue weighted by Gasteiger charge is 2.07. The summed E-state index contributed by atoms with van der Waals surface area (Å²) >= 11 is 0. The van der Waals surface area contributed by atoms with Gasteiger partial charge in [0.1, 0.15) is 0 Å². The fraction of sp³-hybridized carbons (Fsp3) is 0.231. The Bertz CT molecular complexity index is 472. The second-order valence-corrected chi connectivity index (χ2v) is 3.78. The predicted octanol–water partition coefficient (Wildman–Crippen LogP) is 2.01. The van der Waals surface area contributed by atoms with Crippen molar-refractivity contribution in [2.75, 3.05) is 17.2 Å². The molecule has 0 radical (unpaired) electrons. The molecule has 0 atom stereocenters. The maximum Gasteiger partial charge on any atom is 0.409 e. The first-order valence-corrected chi connectivity index (χ1v) is 5.87. The summed E-state index contributed by atoms with van der Waals surface area (Å²) in [5.41, 5.74) is 6.09. The van der Waals surface area contributed by atoms with Gasteiger partial charge in [0.15, 0.2) is 0 Å². The summed E-state index contributed by atoms with van der Waals surface area (Å²) in [6.45, 7) is 0.545. The van der Waals surface area contributed by atoms with Gasteiger partial charge in [0.05, 0.1) is 11.4 Å². The molecule has 5 N–H and O–H groups in total. The van der Waals surface area contributed by atoms with E-state index in [2.05, 4.69) is 10.6 Å². The summed E-state index contributed by atoms with van der Waals surface area (Å²) in [5, 5.41) is 13.5. The first-order chi connectivity index (χ1) is 9.13. The lowest BCUT2D eigenvalue weighted by Crippen LogP contribution is -2.14. The summed E-state index contributed by atoms with van der Waals surface area (Å²) in [6.07, 6.45) is 3.34. The van der Waals surface area contributed by atoms with Crippen LogP contribution in [0.15, 0.2) is 36.4 Å². The van der Waals surface area contributed by atoms with Crippen molar-refractivity contribution in [3.63, 3.8) is 0 Å². The second-order valence-electron chi connectivity index (χ2n) is 3.78. The van der Waals surface area contributed by atoms with Gasteiger partial charge >= 0.3 is 6.09 Å². The molecule has 0 spiro atoms. The van der Waals surface area contributed by atoms with Crippen molar-refractivity contribution in [2.24, 2.45) is 5.73 Å². The molecule has 0 saturated heterocycles. The van der Waals surface area contributed by atoms with Crippen molar-refractivity contribution in [1.29, 1.82) is 0 Å². The number of carbonyl (C=O) groups excluding carboxylic acids is 1. The zero-order valence-corrected chi connectivity index (χ0v) is 10.4. The lowest BCUT2D eigenvalue weighted by Gasteiger charge is -2.09. The Morgan fingerprint density at radius 1 is 1.16 bits per heavy atom. The number of rotatable bonds is 6. The Morgan fingerprint density at radius 3 is 2.37 bits per heavy atom.